The largest absolute Gasteiger partial charge is 0.269 e. The Kier molecular flexibility index (Phi) is 6.20. The smallest absolute Gasteiger partial charge is 0.157 e. The number of hydrogen-bond donors (Lipinski definition) is 4. The summed E-state index contributed by atoms with van der Waals surface area (Å²) in [5.41, 5.74) is 4.93. The van der Waals surface area contributed by atoms with Crippen LogP contribution in [0.1, 0.15) is 0 Å². The Morgan fingerprint density at radius 3 is 2.11 bits per heavy atom. The highest BCUT2D eigenvalue weighted by atomic mass is 127. The normalized spacial score (nSPS) is 11.3. The fraction of sp³-hybridized carbons (Fsp3) is 1.00. The highest BCUT2D eigenvalue weighted by Gasteiger charge is 2.09. The van der Waals surface area contributed by atoms with Crippen LogP contribution in [0.5, 0.6) is 0 Å². The van der Waals surface area contributed by atoms with Crippen LogP contribution in [0, 0.1) is 0 Å². The molecule has 0 amide bonds. The van der Waals surface area contributed by atoms with Crippen LogP contribution in [0.2, 0.25) is 0 Å². The molecule has 6 N–H and O–H groups in total. The highest BCUT2D eigenvalue weighted by Crippen LogP contribution is 2.12. The van der Waals surface area contributed by atoms with Gasteiger partial charge in [-0.15, -0.1) is 0 Å². The van der Waals surface area contributed by atoms with Gasteiger partial charge in [0, 0.05) is 22.9 Å². The van der Waals surface area contributed by atoms with E-state index in [0.717, 1.165) is 0 Å². The Morgan fingerprint density at radius 2 is 2.00 bits per heavy atom. The van der Waals surface area contributed by atoms with Crippen LogP contribution in [0.3, 0.4) is 0 Å². The molecule has 0 aliphatic rings. The molecule has 0 spiro atoms. The van der Waals surface area contributed by atoms with E-state index in [1.165, 1.54) is 11.9 Å². The lowest BCUT2D eigenvalue weighted by Gasteiger charge is -2.20. The minimum Gasteiger partial charge on any atom is -0.269 e. The molecule has 56 valence electrons. The summed E-state index contributed by atoms with van der Waals surface area (Å²) in [7, 11) is 0. The molecule has 0 aliphatic carbocycles. The number of hydrogen-bond acceptors (Lipinski definition) is 6. The molecule has 0 radical (unpaired) electrons. The first-order valence-corrected chi connectivity index (χ1v) is 4.32. The maximum atomic E-state index is 5.11. The standard InChI is InChI=1S/C2H10IN5S/c1-9-8(3)2(6-4)7-5/h2,6-7H,4-5H2,1H3. The number of rotatable bonds is 4. The van der Waals surface area contributed by atoms with E-state index in [9.17, 15) is 0 Å². The van der Waals surface area contributed by atoms with Crippen molar-refractivity contribution in [3.8, 4) is 0 Å². The van der Waals surface area contributed by atoms with Gasteiger partial charge in [-0.3, -0.25) is 11.7 Å². The molecule has 5 nitrogen and oxygen atoms in total. The molecule has 0 bridgehead atoms. The molecule has 0 aromatic rings. The van der Waals surface area contributed by atoms with Crippen LogP contribution in [-0.2, 0) is 0 Å². The van der Waals surface area contributed by atoms with Gasteiger partial charge < -0.3 is 0 Å². The summed E-state index contributed by atoms with van der Waals surface area (Å²) in [6, 6.07) is 0. The molecule has 0 saturated carbocycles. The molecule has 0 aliphatic heterocycles. The molecule has 0 saturated heterocycles. The Bertz CT molecular complexity index is 68.0. The number of hydrazine groups is 2. The van der Waals surface area contributed by atoms with Crippen molar-refractivity contribution in [2.75, 3.05) is 6.26 Å². The summed E-state index contributed by atoms with van der Waals surface area (Å²) in [5, 5.41) is 0. The monoisotopic (exact) mass is 263 g/mol. The maximum absolute atomic E-state index is 5.11. The van der Waals surface area contributed by atoms with Gasteiger partial charge in [-0.25, -0.2) is 10.9 Å². The molecule has 0 heterocycles. The third kappa shape index (κ3) is 3.55. The molecule has 9 heavy (non-hydrogen) atoms. The number of nitrogens with zero attached hydrogens (tertiary/aromatic N) is 1. The first-order valence-electron chi connectivity index (χ1n) is 2.17. The zero-order chi connectivity index (χ0) is 7.28. The van der Waals surface area contributed by atoms with Gasteiger partial charge in [0.1, 0.15) is 0 Å². The average Bonchev–Trinajstić information content (AvgIpc) is 1.90. The second-order valence-electron chi connectivity index (χ2n) is 1.19. The van der Waals surface area contributed by atoms with Gasteiger partial charge in [-0.2, -0.15) is 2.52 Å². The van der Waals surface area contributed by atoms with Crippen LogP contribution in [0.15, 0.2) is 0 Å². The minimum atomic E-state index is -0.194. The first-order chi connectivity index (χ1) is 4.26. The Hall–Kier alpha value is 0.880. The van der Waals surface area contributed by atoms with Crippen molar-refractivity contribution < 1.29 is 0 Å². The second kappa shape index (κ2) is 5.65. The van der Waals surface area contributed by atoms with Crippen molar-refractivity contribution in [1.29, 1.82) is 0 Å². The van der Waals surface area contributed by atoms with Gasteiger partial charge in [0.15, 0.2) is 6.29 Å². The lowest BCUT2D eigenvalue weighted by molar-refractivity contribution is 0.368. The van der Waals surface area contributed by atoms with E-state index in [2.05, 4.69) is 33.7 Å². The molecule has 0 aromatic carbocycles. The van der Waals surface area contributed by atoms with E-state index in [-0.39, 0.29) is 6.29 Å². The summed E-state index contributed by atoms with van der Waals surface area (Å²) < 4.78 is 1.82. The molecule has 7 heteroatoms. The highest BCUT2D eigenvalue weighted by molar-refractivity contribution is 14.1. The Balaban J connectivity index is 3.50. The molecular formula is C2H10IN5S. The van der Waals surface area contributed by atoms with Crippen molar-refractivity contribution in [3.63, 3.8) is 0 Å². The van der Waals surface area contributed by atoms with Gasteiger partial charge in [-0.1, -0.05) is 11.9 Å². The van der Waals surface area contributed by atoms with Crippen molar-refractivity contribution in [3.05, 3.63) is 0 Å². The molecule has 0 rings (SSSR count). The van der Waals surface area contributed by atoms with Crippen LogP contribution in [-0.4, -0.2) is 15.1 Å². The summed E-state index contributed by atoms with van der Waals surface area (Å²) in [5.74, 6) is 10.2. The van der Waals surface area contributed by atoms with Gasteiger partial charge >= 0.3 is 0 Å². The first kappa shape index (κ1) is 9.88. The van der Waals surface area contributed by atoms with Gasteiger partial charge in [0.25, 0.3) is 0 Å². The van der Waals surface area contributed by atoms with E-state index < -0.39 is 0 Å². The van der Waals surface area contributed by atoms with Crippen LogP contribution < -0.4 is 22.5 Å². The van der Waals surface area contributed by atoms with E-state index in [0.29, 0.717) is 0 Å². The van der Waals surface area contributed by atoms with Gasteiger partial charge in [0.05, 0.1) is 0 Å². The van der Waals surface area contributed by atoms with Gasteiger partial charge in [-0.05, 0) is 6.26 Å². The summed E-state index contributed by atoms with van der Waals surface area (Å²) in [6.07, 6.45) is 1.73. The van der Waals surface area contributed by atoms with Crippen LogP contribution >= 0.6 is 34.8 Å². The van der Waals surface area contributed by atoms with Gasteiger partial charge in [0.2, 0.25) is 0 Å². The fourth-order valence-electron chi connectivity index (χ4n) is 0.271. The van der Waals surface area contributed by atoms with E-state index in [4.69, 9.17) is 11.7 Å². The summed E-state index contributed by atoms with van der Waals surface area (Å²) >= 11 is 3.60. The topological polar surface area (TPSA) is 79.3 Å². The van der Waals surface area contributed by atoms with Crippen molar-refractivity contribution in [2.24, 2.45) is 11.7 Å². The summed E-state index contributed by atoms with van der Waals surface area (Å²) in [6.45, 7) is 0. The zero-order valence-electron chi connectivity index (χ0n) is 4.97. The second-order valence-corrected chi connectivity index (χ2v) is 3.64. The molecule has 0 atom stereocenters. The summed E-state index contributed by atoms with van der Waals surface area (Å²) in [4.78, 5) is 0. The lowest BCUT2D eigenvalue weighted by atomic mass is 10.9. The van der Waals surface area contributed by atoms with E-state index >= 15 is 0 Å². The predicted octanol–water partition coefficient (Wildman–Crippen LogP) is -0.873. The van der Waals surface area contributed by atoms with E-state index in [1.54, 1.807) is 0 Å². The lowest BCUT2D eigenvalue weighted by Crippen LogP contribution is -2.54. The van der Waals surface area contributed by atoms with Crippen molar-refractivity contribution in [1.82, 2.24) is 13.4 Å². The molecule has 0 aromatic heterocycles. The average molecular weight is 263 g/mol. The SMILES string of the molecule is CSN(I)C(NN)NN. The number of nitrogens with two attached hydrogens (primary N) is 2. The third-order valence-corrected chi connectivity index (χ3v) is 2.99. The zero-order valence-corrected chi connectivity index (χ0v) is 7.94. The predicted molar refractivity (Wildman–Crippen MR) is 47.8 cm³/mol. The Morgan fingerprint density at radius 1 is 1.56 bits per heavy atom. The van der Waals surface area contributed by atoms with Crippen molar-refractivity contribution >= 4 is 34.8 Å². The van der Waals surface area contributed by atoms with Crippen molar-refractivity contribution in [2.45, 2.75) is 6.29 Å². The van der Waals surface area contributed by atoms with E-state index in [1.807, 2.05) is 8.77 Å². The molecular weight excluding hydrogens is 253 g/mol. The van der Waals surface area contributed by atoms with Crippen LogP contribution in [0.25, 0.3) is 0 Å². The maximum Gasteiger partial charge on any atom is 0.157 e. The Labute approximate surface area is 72.5 Å². The van der Waals surface area contributed by atoms with Crippen LogP contribution in [0.4, 0.5) is 0 Å². The molecule has 0 fully saturated rings. The number of nitrogens with one attached hydrogen (secondary N) is 2. The minimum absolute atomic E-state index is 0.194. The fourth-order valence-corrected chi connectivity index (χ4v) is 0.925. The third-order valence-electron chi connectivity index (χ3n) is 0.693. The molecule has 0 unspecified atom stereocenters. The quantitative estimate of drug-likeness (QED) is 0.132. The number of halogens is 1.